The Morgan fingerprint density at radius 3 is 2.30 bits per heavy atom. The molecule has 3 nitrogen and oxygen atoms in total. The summed E-state index contributed by atoms with van der Waals surface area (Å²) in [5.74, 6) is -0.628. The lowest BCUT2D eigenvalue weighted by Gasteiger charge is -2.11. The number of rotatable bonds is 2. The number of phenolic OH excluding ortho intramolecular Hbond substituents is 1. The molecule has 2 N–H and O–H groups in total. The third-order valence-electron chi connectivity index (χ3n) is 2.45. The topological polar surface area (TPSA) is 49.3 Å². The lowest BCUT2D eigenvalue weighted by atomic mass is 10.2. The average molecular weight is 442 g/mol. The van der Waals surface area contributed by atoms with Gasteiger partial charge < -0.3 is 10.4 Å². The predicted molar refractivity (Wildman–Crippen MR) is 90.2 cm³/mol. The Kier molecular flexibility index (Phi) is 5.01. The van der Waals surface area contributed by atoms with Crippen molar-refractivity contribution in [3.05, 3.63) is 54.5 Å². The minimum atomic E-state index is -0.507. The third-order valence-corrected chi connectivity index (χ3v) is 3.93. The molecule has 0 spiro atoms. The van der Waals surface area contributed by atoms with Crippen LogP contribution in [0.15, 0.2) is 30.3 Å². The van der Waals surface area contributed by atoms with Gasteiger partial charge in [-0.2, -0.15) is 0 Å². The predicted octanol–water partition coefficient (Wildman–Crippen LogP) is 5.21. The maximum absolute atomic E-state index is 12.2. The molecule has 0 aliphatic heterocycles. The highest BCUT2D eigenvalue weighted by atomic mass is 127. The standard InChI is InChI=1S/C13H7Cl3INO2/c14-6-3-9(15)12(10(16)4-6)18-13(20)8-5-7(17)1-2-11(8)19/h1-5,19H,(H,18,20). The highest BCUT2D eigenvalue weighted by Crippen LogP contribution is 2.34. The summed E-state index contributed by atoms with van der Waals surface area (Å²) in [6.45, 7) is 0. The lowest BCUT2D eigenvalue weighted by Crippen LogP contribution is -2.13. The van der Waals surface area contributed by atoms with Crippen LogP contribution >= 0.6 is 57.4 Å². The highest BCUT2D eigenvalue weighted by molar-refractivity contribution is 14.1. The van der Waals surface area contributed by atoms with Crippen LogP contribution in [0.1, 0.15) is 10.4 Å². The molecule has 0 radical (unpaired) electrons. The van der Waals surface area contributed by atoms with Crippen molar-refractivity contribution in [1.82, 2.24) is 0 Å². The van der Waals surface area contributed by atoms with Crippen LogP contribution in [-0.2, 0) is 0 Å². The zero-order valence-electron chi connectivity index (χ0n) is 9.75. The van der Waals surface area contributed by atoms with Crippen LogP contribution in [0.4, 0.5) is 5.69 Å². The van der Waals surface area contributed by atoms with E-state index in [0.717, 1.165) is 3.57 Å². The quantitative estimate of drug-likeness (QED) is 0.628. The van der Waals surface area contributed by atoms with Gasteiger partial charge in [-0.1, -0.05) is 34.8 Å². The van der Waals surface area contributed by atoms with Crippen LogP contribution in [0.3, 0.4) is 0 Å². The van der Waals surface area contributed by atoms with Gasteiger partial charge in [-0.25, -0.2) is 0 Å². The number of carbonyl (C=O) groups excluding carboxylic acids is 1. The first-order chi connectivity index (χ1) is 9.38. The first-order valence-corrected chi connectivity index (χ1v) is 7.54. The largest absolute Gasteiger partial charge is 0.507 e. The number of hydrogen-bond acceptors (Lipinski definition) is 2. The molecule has 0 fully saturated rings. The summed E-state index contributed by atoms with van der Waals surface area (Å²) >= 11 is 19.8. The van der Waals surface area contributed by atoms with E-state index in [9.17, 15) is 9.90 Å². The molecule has 2 aromatic carbocycles. The van der Waals surface area contributed by atoms with Gasteiger partial charge in [0.25, 0.3) is 5.91 Å². The van der Waals surface area contributed by atoms with E-state index in [1.54, 1.807) is 12.1 Å². The Balaban J connectivity index is 2.35. The average Bonchev–Trinajstić information content (AvgIpc) is 2.36. The van der Waals surface area contributed by atoms with E-state index in [1.807, 2.05) is 22.6 Å². The number of phenols is 1. The number of carbonyl (C=O) groups is 1. The normalized spacial score (nSPS) is 10.4. The summed E-state index contributed by atoms with van der Waals surface area (Å²) in [5, 5.41) is 13.1. The Morgan fingerprint density at radius 2 is 1.70 bits per heavy atom. The van der Waals surface area contributed by atoms with Gasteiger partial charge in [0.15, 0.2) is 0 Å². The fourth-order valence-corrected chi connectivity index (χ4v) is 2.94. The Hall–Kier alpha value is -0.690. The lowest BCUT2D eigenvalue weighted by molar-refractivity contribution is 0.102. The van der Waals surface area contributed by atoms with E-state index in [4.69, 9.17) is 34.8 Å². The van der Waals surface area contributed by atoms with Gasteiger partial charge in [0.05, 0.1) is 21.3 Å². The summed E-state index contributed by atoms with van der Waals surface area (Å²) in [6, 6.07) is 7.64. The molecule has 104 valence electrons. The molecule has 0 heterocycles. The molecule has 0 aromatic heterocycles. The monoisotopic (exact) mass is 441 g/mol. The van der Waals surface area contributed by atoms with E-state index < -0.39 is 5.91 Å². The van der Waals surface area contributed by atoms with Crippen LogP contribution in [0.25, 0.3) is 0 Å². The van der Waals surface area contributed by atoms with Crippen LogP contribution in [0.2, 0.25) is 15.1 Å². The van der Waals surface area contributed by atoms with E-state index in [0.29, 0.717) is 5.02 Å². The van der Waals surface area contributed by atoms with Crippen molar-refractivity contribution in [3.8, 4) is 5.75 Å². The van der Waals surface area contributed by atoms with Crippen molar-refractivity contribution in [2.45, 2.75) is 0 Å². The minimum Gasteiger partial charge on any atom is -0.507 e. The second kappa shape index (κ2) is 6.39. The van der Waals surface area contributed by atoms with Crippen molar-refractivity contribution < 1.29 is 9.90 Å². The minimum absolute atomic E-state index is 0.121. The molecule has 0 saturated carbocycles. The SMILES string of the molecule is O=C(Nc1c(Cl)cc(Cl)cc1Cl)c1cc(I)ccc1O. The Bertz CT molecular complexity index is 668. The molecule has 2 aromatic rings. The van der Waals surface area contributed by atoms with Crippen molar-refractivity contribution in [2.75, 3.05) is 5.32 Å². The summed E-state index contributed by atoms with van der Waals surface area (Å²) < 4.78 is 0.818. The Morgan fingerprint density at radius 1 is 1.10 bits per heavy atom. The van der Waals surface area contributed by atoms with Gasteiger partial charge in [-0.3, -0.25) is 4.79 Å². The number of benzene rings is 2. The first kappa shape index (κ1) is 15.7. The van der Waals surface area contributed by atoms with Gasteiger partial charge in [0, 0.05) is 8.59 Å². The highest BCUT2D eigenvalue weighted by Gasteiger charge is 2.15. The van der Waals surface area contributed by atoms with E-state index in [2.05, 4.69) is 5.32 Å². The number of anilines is 1. The molecule has 20 heavy (non-hydrogen) atoms. The first-order valence-electron chi connectivity index (χ1n) is 5.33. The van der Waals surface area contributed by atoms with Gasteiger partial charge in [-0.05, 0) is 52.9 Å². The van der Waals surface area contributed by atoms with Crippen molar-refractivity contribution in [1.29, 1.82) is 0 Å². The molecular weight excluding hydrogens is 435 g/mol. The summed E-state index contributed by atoms with van der Waals surface area (Å²) in [4.78, 5) is 12.2. The van der Waals surface area contributed by atoms with Crippen LogP contribution < -0.4 is 5.32 Å². The maximum atomic E-state index is 12.2. The maximum Gasteiger partial charge on any atom is 0.259 e. The second-order valence-electron chi connectivity index (χ2n) is 3.86. The third kappa shape index (κ3) is 3.49. The number of nitrogens with one attached hydrogen (secondary N) is 1. The molecule has 0 aliphatic carbocycles. The van der Waals surface area contributed by atoms with Crippen molar-refractivity contribution >= 4 is 69.0 Å². The summed E-state index contributed by atoms with van der Waals surface area (Å²) in [6.07, 6.45) is 0. The number of hydrogen-bond donors (Lipinski definition) is 2. The molecule has 1 amide bonds. The molecule has 0 atom stereocenters. The van der Waals surface area contributed by atoms with E-state index >= 15 is 0 Å². The number of halogens is 4. The van der Waals surface area contributed by atoms with Crippen LogP contribution in [0, 0.1) is 3.57 Å². The zero-order chi connectivity index (χ0) is 14.9. The molecule has 0 bridgehead atoms. The molecular formula is C13H7Cl3INO2. The molecule has 2 rings (SSSR count). The zero-order valence-corrected chi connectivity index (χ0v) is 14.2. The van der Waals surface area contributed by atoms with E-state index in [1.165, 1.54) is 18.2 Å². The fourth-order valence-electron chi connectivity index (χ4n) is 1.53. The van der Waals surface area contributed by atoms with Gasteiger partial charge >= 0.3 is 0 Å². The molecule has 0 unspecified atom stereocenters. The Labute approximate surface area is 144 Å². The number of amides is 1. The summed E-state index contributed by atoms with van der Waals surface area (Å²) in [5.41, 5.74) is 0.389. The molecule has 0 aliphatic rings. The number of aromatic hydroxyl groups is 1. The van der Waals surface area contributed by atoms with Gasteiger partial charge in [-0.15, -0.1) is 0 Å². The molecule has 0 saturated heterocycles. The van der Waals surface area contributed by atoms with Crippen molar-refractivity contribution in [3.63, 3.8) is 0 Å². The van der Waals surface area contributed by atoms with E-state index in [-0.39, 0.29) is 27.0 Å². The van der Waals surface area contributed by atoms with Crippen molar-refractivity contribution in [2.24, 2.45) is 0 Å². The smallest absolute Gasteiger partial charge is 0.259 e. The van der Waals surface area contributed by atoms with Gasteiger partial charge in [0.1, 0.15) is 5.75 Å². The second-order valence-corrected chi connectivity index (χ2v) is 6.36. The van der Waals surface area contributed by atoms with Crippen LogP contribution in [-0.4, -0.2) is 11.0 Å². The van der Waals surface area contributed by atoms with Crippen LogP contribution in [0.5, 0.6) is 5.75 Å². The fraction of sp³-hybridized carbons (Fsp3) is 0. The van der Waals surface area contributed by atoms with Gasteiger partial charge in [0.2, 0.25) is 0 Å². The summed E-state index contributed by atoms with van der Waals surface area (Å²) in [7, 11) is 0. The molecule has 7 heteroatoms.